The van der Waals surface area contributed by atoms with Crippen molar-refractivity contribution in [3.63, 3.8) is 0 Å². The first-order chi connectivity index (χ1) is 9.60. The summed E-state index contributed by atoms with van der Waals surface area (Å²) in [5.74, 6) is -4.26. The molecule has 0 aliphatic heterocycles. The van der Waals surface area contributed by atoms with E-state index < -0.39 is 24.1 Å². The monoisotopic (exact) mass is 287 g/mol. The van der Waals surface area contributed by atoms with Crippen LogP contribution in [0.3, 0.4) is 0 Å². The summed E-state index contributed by atoms with van der Waals surface area (Å²) in [4.78, 5) is 0. The van der Waals surface area contributed by atoms with Gasteiger partial charge in [0.25, 0.3) is 0 Å². The minimum Gasteiger partial charge on any atom is -0.396 e. The van der Waals surface area contributed by atoms with E-state index in [1.165, 1.54) is 4.68 Å². The third-order valence-corrected chi connectivity index (χ3v) is 2.77. The van der Waals surface area contributed by atoms with E-state index in [0.717, 1.165) is 12.1 Å². The van der Waals surface area contributed by atoms with E-state index in [-0.39, 0.29) is 30.1 Å². The number of halogens is 3. The molecule has 0 saturated heterocycles. The fourth-order valence-electron chi connectivity index (χ4n) is 1.84. The Hall–Kier alpha value is -1.93. The summed E-state index contributed by atoms with van der Waals surface area (Å²) >= 11 is 0. The minimum absolute atomic E-state index is 0.0489. The van der Waals surface area contributed by atoms with Crippen molar-refractivity contribution in [2.75, 3.05) is 6.61 Å². The average molecular weight is 287 g/mol. The predicted octanol–water partition coefficient (Wildman–Crippen LogP) is 1.24. The maximum absolute atomic E-state index is 13.8. The van der Waals surface area contributed by atoms with Crippen LogP contribution in [0.4, 0.5) is 13.2 Å². The summed E-state index contributed by atoms with van der Waals surface area (Å²) < 4.78 is 41.3. The van der Waals surface area contributed by atoms with Crippen molar-refractivity contribution in [2.24, 2.45) is 0 Å². The molecule has 2 aromatic rings. The molecule has 0 amide bonds. The van der Waals surface area contributed by atoms with E-state index in [0.29, 0.717) is 6.42 Å². The van der Waals surface area contributed by atoms with Crippen LogP contribution in [0.2, 0.25) is 0 Å². The molecule has 5 nitrogen and oxygen atoms in total. The van der Waals surface area contributed by atoms with Crippen LogP contribution in [0.25, 0.3) is 11.3 Å². The predicted molar refractivity (Wildman–Crippen MR) is 63.0 cm³/mol. The van der Waals surface area contributed by atoms with Gasteiger partial charge >= 0.3 is 0 Å². The lowest BCUT2D eigenvalue weighted by molar-refractivity contribution is 0.276. The summed E-state index contributed by atoms with van der Waals surface area (Å²) in [5, 5.41) is 25.3. The number of benzene rings is 1. The van der Waals surface area contributed by atoms with Crippen LogP contribution in [0.15, 0.2) is 12.1 Å². The highest BCUT2D eigenvalue weighted by atomic mass is 19.2. The van der Waals surface area contributed by atoms with Crippen molar-refractivity contribution in [1.29, 1.82) is 0 Å². The summed E-state index contributed by atoms with van der Waals surface area (Å²) in [6, 6.07) is 1.85. The molecule has 20 heavy (non-hydrogen) atoms. The summed E-state index contributed by atoms with van der Waals surface area (Å²) in [6.07, 6.45) is 0.326. The molecule has 2 N–H and O–H groups in total. The second-order valence-corrected chi connectivity index (χ2v) is 4.07. The number of hydrogen-bond acceptors (Lipinski definition) is 4. The van der Waals surface area contributed by atoms with Crippen LogP contribution < -0.4 is 0 Å². The van der Waals surface area contributed by atoms with Crippen LogP contribution in [-0.2, 0) is 13.2 Å². The highest BCUT2D eigenvalue weighted by molar-refractivity contribution is 5.62. The molecule has 0 aliphatic rings. The number of aromatic nitrogens is 3. The molecule has 0 saturated carbocycles. The summed E-state index contributed by atoms with van der Waals surface area (Å²) in [6.45, 7) is -0.432. The van der Waals surface area contributed by atoms with Crippen LogP contribution in [-0.4, -0.2) is 31.8 Å². The van der Waals surface area contributed by atoms with Crippen molar-refractivity contribution in [3.8, 4) is 11.3 Å². The number of nitrogens with zero attached hydrogens (tertiary/aromatic N) is 3. The Bertz CT molecular complexity index is 616. The Morgan fingerprint density at radius 1 is 1.10 bits per heavy atom. The van der Waals surface area contributed by atoms with Gasteiger partial charge in [-0.2, -0.15) is 0 Å². The zero-order chi connectivity index (χ0) is 14.7. The van der Waals surface area contributed by atoms with Gasteiger partial charge in [-0.1, -0.05) is 5.21 Å². The second kappa shape index (κ2) is 6.02. The van der Waals surface area contributed by atoms with Crippen molar-refractivity contribution < 1.29 is 23.4 Å². The maximum Gasteiger partial charge on any atom is 0.195 e. The molecule has 0 radical (unpaired) electrons. The van der Waals surface area contributed by atoms with Gasteiger partial charge in [-0.25, -0.2) is 17.9 Å². The molecule has 108 valence electrons. The van der Waals surface area contributed by atoms with Gasteiger partial charge in [-0.3, -0.25) is 0 Å². The van der Waals surface area contributed by atoms with Crippen LogP contribution in [0, 0.1) is 17.5 Å². The number of hydrogen-bond donors (Lipinski definition) is 2. The molecule has 1 heterocycles. The van der Waals surface area contributed by atoms with E-state index in [2.05, 4.69) is 10.3 Å². The molecule has 0 spiro atoms. The van der Waals surface area contributed by atoms with Crippen molar-refractivity contribution in [1.82, 2.24) is 15.0 Å². The van der Waals surface area contributed by atoms with E-state index in [4.69, 9.17) is 5.11 Å². The molecule has 0 atom stereocenters. The Morgan fingerprint density at radius 2 is 1.85 bits per heavy atom. The Kier molecular flexibility index (Phi) is 4.35. The first kappa shape index (κ1) is 14.5. The average Bonchev–Trinajstić information content (AvgIpc) is 2.85. The topological polar surface area (TPSA) is 71.2 Å². The van der Waals surface area contributed by atoms with Gasteiger partial charge in [-0.05, 0) is 18.6 Å². The summed E-state index contributed by atoms with van der Waals surface area (Å²) in [5.41, 5.74) is -0.124. The molecular weight excluding hydrogens is 275 g/mol. The van der Waals surface area contributed by atoms with E-state index >= 15 is 0 Å². The number of aryl methyl sites for hydroxylation is 1. The van der Waals surface area contributed by atoms with Gasteiger partial charge < -0.3 is 10.2 Å². The van der Waals surface area contributed by atoms with Crippen LogP contribution >= 0.6 is 0 Å². The van der Waals surface area contributed by atoms with Gasteiger partial charge in [0.1, 0.15) is 5.69 Å². The van der Waals surface area contributed by atoms with Gasteiger partial charge in [0.15, 0.2) is 17.5 Å². The van der Waals surface area contributed by atoms with E-state index in [1.54, 1.807) is 0 Å². The first-order valence-corrected chi connectivity index (χ1v) is 5.88. The molecule has 0 bridgehead atoms. The lowest BCUT2D eigenvalue weighted by atomic mass is 10.1. The van der Waals surface area contributed by atoms with Gasteiger partial charge in [0.05, 0.1) is 12.3 Å². The fourth-order valence-corrected chi connectivity index (χ4v) is 1.84. The lowest BCUT2D eigenvalue weighted by Gasteiger charge is -2.09. The lowest BCUT2D eigenvalue weighted by Crippen LogP contribution is -2.07. The van der Waals surface area contributed by atoms with Crippen LogP contribution in [0.1, 0.15) is 12.1 Å². The molecule has 0 fully saturated rings. The van der Waals surface area contributed by atoms with E-state index in [9.17, 15) is 18.3 Å². The van der Waals surface area contributed by atoms with Crippen molar-refractivity contribution >= 4 is 0 Å². The molecule has 1 aromatic carbocycles. The van der Waals surface area contributed by atoms with Crippen LogP contribution in [0.5, 0.6) is 0 Å². The molecular formula is C12H12F3N3O2. The highest BCUT2D eigenvalue weighted by Crippen LogP contribution is 2.28. The highest BCUT2D eigenvalue weighted by Gasteiger charge is 2.21. The quantitative estimate of drug-likeness (QED) is 0.812. The standard InChI is InChI=1S/C12H12F3N3O2/c13-8-3-2-7(10(14)11(8)15)12-9(6-20)16-17-18(12)4-1-5-19/h2-3,19-20H,1,4-6H2. The number of rotatable bonds is 5. The zero-order valence-electron chi connectivity index (χ0n) is 10.4. The second-order valence-electron chi connectivity index (χ2n) is 4.07. The number of aliphatic hydroxyl groups is 2. The molecule has 8 heteroatoms. The van der Waals surface area contributed by atoms with Gasteiger partial charge in [0.2, 0.25) is 0 Å². The molecule has 1 aromatic heterocycles. The normalized spacial score (nSPS) is 11.1. The SMILES string of the molecule is OCCCn1nnc(CO)c1-c1ccc(F)c(F)c1F. The molecule has 0 unspecified atom stereocenters. The summed E-state index contributed by atoms with van der Waals surface area (Å²) in [7, 11) is 0. The smallest absolute Gasteiger partial charge is 0.195 e. The first-order valence-electron chi connectivity index (χ1n) is 5.88. The largest absolute Gasteiger partial charge is 0.396 e. The Morgan fingerprint density at radius 3 is 2.50 bits per heavy atom. The van der Waals surface area contributed by atoms with Crippen molar-refractivity contribution in [2.45, 2.75) is 19.6 Å². The van der Waals surface area contributed by atoms with Gasteiger partial charge in [-0.15, -0.1) is 5.10 Å². The maximum atomic E-state index is 13.8. The van der Waals surface area contributed by atoms with Gasteiger partial charge in [0, 0.05) is 18.7 Å². The van der Waals surface area contributed by atoms with Crippen molar-refractivity contribution in [3.05, 3.63) is 35.3 Å². The minimum atomic E-state index is -1.60. The third-order valence-electron chi connectivity index (χ3n) is 2.77. The Balaban J connectivity index is 2.56. The molecule has 0 aliphatic carbocycles. The van der Waals surface area contributed by atoms with E-state index in [1.807, 2.05) is 0 Å². The number of aliphatic hydroxyl groups excluding tert-OH is 2. The fraction of sp³-hybridized carbons (Fsp3) is 0.333. The third kappa shape index (κ3) is 2.52. The Labute approximate surface area is 112 Å². The molecule has 2 rings (SSSR count). The zero-order valence-corrected chi connectivity index (χ0v) is 10.4.